The van der Waals surface area contributed by atoms with Gasteiger partial charge in [-0.1, -0.05) is 19.8 Å². The molecule has 4 heteroatoms. The summed E-state index contributed by atoms with van der Waals surface area (Å²) in [7, 11) is 1.51. The summed E-state index contributed by atoms with van der Waals surface area (Å²) in [4.78, 5) is 11.1. The van der Waals surface area contributed by atoms with Gasteiger partial charge >= 0.3 is 0 Å². The summed E-state index contributed by atoms with van der Waals surface area (Å²) in [5, 5.41) is 2.75. The van der Waals surface area contributed by atoms with E-state index in [-0.39, 0.29) is 12.5 Å². The molecule has 1 N–H and O–H groups in total. The predicted octanol–water partition coefficient (Wildman–Crippen LogP) is 1.34. The van der Waals surface area contributed by atoms with E-state index in [0.29, 0.717) is 25.2 Å². The quantitative estimate of drug-likeness (QED) is 0.699. The Hall–Kier alpha value is -0.610. The van der Waals surface area contributed by atoms with Gasteiger partial charge in [-0.05, 0) is 18.8 Å². The summed E-state index contributed by atoms with van der Waals surface area (Å²) in [6.45, 7) is 3.54. The van der Waals surface area contributed by atoms with Crippen molar-refractivity contribution in [2.24, 2.45) is 5.92 Å². The molecule has 1 aliphatic rings. The van der Waals surface area contributed by atoms with Crippen LogP contribution in [0.5, 0.6) is 0 Å². The summed E-state index contributed by atoms with van der Waals surface area (Å²) in [6, 6.07) is 0. The van der Waals surface area contributed by atoms with Gasteiger partial charge in [-0.25, -0.2) is 0 Å². The third-order valence-corrected chi connectivity index (χ3v) is 3.06. The molecule has 1 aliphatic carbocycles. The van der Waals surface area contributed by atoms with Crippen molar-refractivity contribution in [3.8, 4) is 0 Å². The van der Waals surface area contributed by atoms with Crippen LogP contribution >= 0.6 is 0 Å². The molecule has 0 spiro atoms. The first kappa shape index (κ1) is 13.5. The molecule has 0 aromatic rings. The number of ether oxygens (including phenoxy) is 2. The molecular weight excluding hydrogens is 206 g/mol. The van der Waals surface area contributed by atoms with Gasteiger partial charge < -0.3 is 14.8 Å². The third kappa shape index (κ3) is 4.94. The number of methoxy groups -OCH3 is 1. The summed E-state index contributed by atoms with van der Waals surface area (Å²) in [6.07, 6.45) is 5.40. The first-order chi connectivity index (χ1) is 7.74. The number of carbonyl (C=O) groups is 1. The highest BCUT2D eigenvalue weighted by atomic mass is 16.5. The van der Waals surface area contributed by atoms with Crippen LogP contribution in [0.1, 0.15) is 32.6 Å². The van der Waals surface area contributed by atoms with Gasteiger partial charge in [-0.2, -0.15) is 0 Å². The lowest BCUT2D eigenvalue weighted by Gasteiger charge is -2.28. The van der Waals surface area contributed by atoms with Gasteiger partial charge in [0.05, 0.1) is 12.7 Å². The molecule has 2 atom stereocenters. The molecule has 0 aromatic heterocycles. The number of hydrogen-bond acceptors (Lipinski definition) is 3. The molecule has 0 aliphatic heterocycles. The first-order valence-electron chi connectivity index (χ1n) is 6.11. The largest absolute Gasteiger partial charge is 0.376 e. The van der Waals surface area contributed by atoms with Crippen molar-refractivity contribution in [2.45, 2.75) is 38.7 Å². The summed E-state index contributed by atoms with van der Waals surface area (Å²) in [5.41, 5.74) is 0. The van der Waals surface area contributed by atoms with Gasteiger partial charge in [0.15, 0.2) is 0 Å². The minimum atomic E-state index is -0.0807. The van der Waals surface area contributed by atoms with Crippen molar-refractivity contribution in [1.29, 1.82) is 0 Å². The van der Waals surface area contributed by atoms with Crippen LogP contribution in [0, 0.1) is 5.92 Å². The molecule has 0 aromatic carbocycles. The fourth-order valence-corrected chi connectivity index (χ4v) is 2.11. The van der Waals surface area contributed by atoms with Crippen molar-refractivity contribution in [3.05, 3.63) is 0 Å². The zero-order valence-corrected chi connectivity index (χ0v) is 10.3. The highest BCUT2D eigenvalue weighted by Gasteiger charge is 2.21. The maximum absolute atomic E-state index is 11.1. The maximum Gasteiger partial charge on any atom is 0.246 e. The molecular formula is C12H23NO3. The molecule has 1 fully saturated rings. The van der Waals surface area contributed by atoms with Crippen molar-refractivity contribution in [3.63, 3.8) is 0 Å². The van der Waals surface area contributed by atoms with Crippen LogP contribution < -0.4 is 5.32 Å². The number of carbonyl (C=O) groups excluding carboxylic acids is 1. The van der Waals surface area contributed by atoms with Crippen molar-refractivity contribution >= 4 is 5.91 Å². The normalized spacial score (nSPS) is 25.4. The number of hydrogen-bond donors (Lipinski definition) is 1. The summed E-state index contributed by atoms with van der Waals surface area (Å²) < 4.78 is 10.5. The highest BCUT2D eigenvalue weighted by molar-refractivity contribution is 5.77. The lowest BCUT2D eigenvalue weighted by atomic mass is 9.88. The van der Waals surface area contributed by atoms with Gasteiger partial charge in [-0.3, -0.25) is 4.79 Å². The zero-order chi connectivity index (χ0) is 11.8. The van der Waals surface area contributed by atoms with Crippen LogP contribution in [0.15, 0.2) is 0 Å². The van der Waals surface area contributed by atoms with Crippen molar-refractivity contribution < 1.29 is 14.3 Å². The molecule has 1 saturated carbocycles. The van der Waals surface area contributed by atoms with E-state index in [9.17, 15) is 4.79 Å². The van der Waals surface area contributed by atoms with Crippen LogP contribution in [0.4, 0.5) is 0 Å². The molecule has 0 radical (unpaired) electrons. The Balaban J connectivity index is 2.03. The monoisotopic (exact) mass is 229 g/mol. The highest BCUT2D eigenvalue weighted by Crippen LogP contribution is 2.25. The van der Waals surface area contributed by atoms with Crippen LogP contribution in [-0.4, -0.2) is 38.9 Å². The Morgan fingerprint density at radius 1 is 1.38 bits per heavy atom. The average Bonchev–Trinajstić information content (AvgIpc) is 2.27. The summed E-state index contributed by atoms with van der Waals surface area (Å²) >= 11 is 0. The van der Waals surface area contributed by atoms with Crippen LogP contribution in [0.25, 0.3) is 0 Å². The van der Waals surface area contributed by atoms with Crippen LogP contribution in [0.3, 0.4) is 0 Å². The van der Waals surface area contributed by atoms with Crippen molar-refractivity contribution in [2.75, 3.05) is 26.9 Å². The van der Waals surface area contributed by atoms with Gasteiger partial charge in [0.25, 0.3) is 0 Å². The molecule has 0 bridgehead atoms. The van der Waals surface area contributed by atoms with Gasteiger partial charge in [-0.15, -0.1) is 0 Å². The lowest BCUT2D eigenvalue weighted by molar-refractivity contribution is -0.125. The first-order valence-corrected chi connectivity index (χ1v) is 6.11. The number of nitrogens with one attached hydrogen (secondary N) is 1. The molecule has 1 rings (SSSR count). The second kappa shape index (κ2) is 7.63. The smallest absolute Gasteiger partial charge is 0.246 e. The minimum absolute atomic E-state index is 0.0807. The standard InChI is InChI=1S/C12H23NO3/c1-10-5-3-4-6-11(10)16-8-7-13-12(14)9-15-2/h10-11H,3-9H2,1-2H3,(H,13,14). The van der Waals surface area contributed by atoms with Gasteiger partial charge in [0.1, 0.15) is 6.61 Å². The maximum atomic E-state index is 11.1. The van der Waals surface area contributed by atoms with E-state index in [2.05, 4.69) is 12.2 Å². The van der Waals surface area contributed by atoms with Crippen LogP contribution in [0.2, 0.25) is 0 Å². The lowest BCUT2D eigenvalue weighted by Crippen LogP contribution is -2.33. The van der Waals surface area contributed by atoms with E-state index in [1.165, 1.54) is 26.4 Å². The van der Waals surface area contributed by atoms with Gasteiger partial charge in [0, 0.05) is 13.7 Å². The average molecular weight is 229 g/mol. The minimum Gasteiger partial charge on any atom is -0.376 e. The Morgan fingerprint density at radius 2 is 2.12 bits per heavy atom. The number of rotatable bonds is 6. The van der Waals surface area contributed by atoms with Crippen molar-refractivity contribution in [1.82, 2.24) is 5.32 Å². The van der Waals surface area contributed by atoms with Crippen LogP contribution in [-0.2, 0) is 14.3 Å². The fraction of sp³-hybridized carbons (Fsp3) is 0.917. The van der Waals surface area contributed by atoms with E-state index in [0.717, 1.165) is 6.42 Å². The molecule has 1 amide bonds. The second-order valence-electron chi connectivity index (χ2n) is 4.45. The van der Waals surface area contributed by atoms with E-state index in [4.69, 9.17) is 9.47 Å². The predicted molar refractivity (Wildman–Crippen MR) is 62.3 cm³/mol. The van der Waals surface area contributed by atoms with E-state index >= 15 is 0 Å². The Labute approximate surface area is 97.7 Å². The topological polar surface area (TPSA) is 47.6 Å². The van der Waals surface area contributed by atoms with E-state index in [1.54, 1.807) is 0 Å². The molecule has 0 heterocycles. The van der Waals surface area contributed by atoms with Gasteiger partial charge in [0.2, 0.25) is 5.91 Å². The Bertz CT molecular complexity index is 208. The SMILES string of the molecule is COCC(=O)NCCOC1CCCCC1C. The molecule has 2 unspecified atom stereocenters. The number of amides is 1. The Kier molecular flexibility index (Phi) is 6.42. The molecule has 4 nitrogen and oxygen atoms in total. The molecule has 94 valence electrons. The zero-order valence-electron chi connectivity index (χ0n) is 10.3. The third-order valence-electron chi connectivity index (χ3n) is 3.06. The van der Waals surface area contributed by atoms with E-state index < -0.39 is 0 Å². The fourth-order valence-electron chi connectivity index (χ4n) is 2.11. The Morgan fingerprint density at radius 3 is 2.81 bits per heavy atom. The second-order valence-corrected chi connectivity index (χ2v) is 4.45. The molecule has 16 heavy (non-hydrogen) atoms. The summed E-state index contributed by atoms with van der Waals surface area (Å²) in [5.74, 6) is 0.575. The van der Waals surface area contributed by atoms with E-state index in [1.807, 2.05) is 0 Å². The molecule has 0 saturated heterocycles.